The minimum atomic E-state index is -0.315. The number of benzene rings is 2. The lowest BCUT2D eigenvalue weighted by Gasteiger charge is -2.15. The molecule has 4 rings (SSSR count). The molecule has 1 aliphatic carbocycles. The highest BCUT2D eigenvalue weighted by molar-refractivity contribution is 6.07. The molecule has 0 bridgehead atoms. The van der Waals surface area contributed by atoms with Crippen molar-refractivity contribution in [3.05, 3.63) is 47.8 Å². The molecule has 2 N–H and O–H groups in total. The van der Waals surface area contributed by atoms with Gasteiger partial charge in [0.05, 0.1) is 26.9 Å². The number of rotatable bonds is 7. The molecule has 2 aromatic carbocycles. The zero-order valence-electron chi connectivity index (χ0n) is 16.5. The maximum absolute atomic E-state index is 12.8. The molecule has 29 heavy (non-hydrogen) atoms. The summed E-state index contributed by atoms with van der Waals surface area (Å²) in [6.07, 6.45) is 2.33. The zero-order valence-corrected chi connectivity index (χ0v) is 16.5. The van der Waals surface area contributed by atoms with Crippen LogP contribution in [0.4, 0.5) is 5.69 Å². The predicted octanol–water partition coefficient (Wildman–Crippen LogP) is 3.63. The van der Waals surface area contributed by atoms with E-state index in [1.807, 2.05) is 24.3 Å². The molecule has 0 spiro atoms. The molecule has 3 aromatic rings. The third-order valence-corrected chi connectivity index (χ3v) is 4.82. The molecule has 1 aliphatic rings. The average molecular weight is 394 g/mol. The summed E-state index contributed by atoms with van der Waals surface area (Å²) in [5.41, 5.74) is 1.88. The van der Waals surface area contributed by atoms with Crippen molar-refractivity contribution in [2.24, 2.45) is 0 Å². The topological polar surface area (TPSA) is 98.4 Å². The van der Waals surface area contributed by atoms with E-state index in [2.05, 4.69) is 20.5 Å². The van der Waals surface area contributed by atoms with Crippen LogP contribution in [0.1, 0.15) is 34.9 Å². The summed E-state index contributed by atoms with van der Waals surface area (Å²) in [7, 11) is 4.51. The van der Waals surface area contributed by atoms with Gasteiger partial charge in [-0.05, 0) is 49.2 Å². The SMILES string of the molecule is COc1ccc(C(=O)Nc2ccc(-c3n[nH]c(C4CC4)n3)cc2)c(OC)c1OC. The van der Waals surface area contributed by atoms with Gasteiger partial charge in [-0.25, -0.2) is 4.98 Å². The summed E-state index contributed by atoms with van der Waals surface area (Å²) >= 11 is 0. The van der Waals surface area contributed by atoms with Crippen molar-refractivity contribution in [1.82, 2.24) is 15.2 Å². The largest absolute Gasteiger partial charge is 0.493 e. The fraction of sp³-hybridized carbons (Fsp3) is 0.286. The Morgan fingerprint density at radius 3 is 2.34 bits per heavy atom. The number of aromatic nitrogens is 3. The fourth-order valence-corrected chi connectivity index (χ4v) is 3.12. The Hall–Kier alpha value is -3.55. The number of carbonyl (C=O) groups is 1. The van der Waals surface area contributed by atoms with Crippen LogP contribution in [0.5, 0.6) is 17.2 Å². The van der Waals surface area contributed by atoms with Gasteiger partial charge in [-0.1, -0.05) is 0 Å². The van der Waals surface area contributed by atoms with Gasteiger partial charge in [-0.3, -0.25) is 9.89 Å². The number of hydrogen-bond donors (Lipinski definition) is 2. The van der Waals surface area contributed by atoms with Crippen LogP contribution in [0.15, 0.2) is 36.4 Å². The Bertz CT molecular complexity index is 1030. The maximum Gasteiger partial charge on any atom is 0.259 e. The Kier molecular flexibility index (Phi) is 5.07. The normalized spacial score (nSPS) is 13.1. The quantitative estimate of drug-likeness (QED) is 0.635. The Morgan fingerprint density at radius 1 is 1.00 bits per heavy atom. The van der Waals surface area contributed by atoms with E-state index in [0.717, 1.165) is 11.4 Å². The molecule has 1 saturated carbocycles. The van der Waals surface area contributed by atoms with E-state index in [9.17, 15) is 4.79 Å². The second kappa shape index (κ2) is 7.83. The predicted molar refractivity (Wildman–Crippen MR) is 108 cm³/mol. The first-order valence-corrected chi connectivity index (χ1v) is 9.27. The number of amides is 1. The van der Waals surface area contributed by atoms with E-state index in [4.69, 9.17) is 14.2 Å². The molecule has 0 atom stereocenters. The number of hydrogen-bond acceptors (Lipinski definition) is 6. The van der Waals surface area contributed by atoms with Crippen LogP contribution in [0.25, 0.3) is 11.4 Å². The summed E-state index contributed by atoms with van der Waals surface area (Å²) in [4.78, 5) is 17.3. The molecule has 0 unspecified atom stereocenters. The molecule has 8 heteroatoms. The van der Waals surface area contributed by atoms with Crippen LogP contribution < -0.4 is 19.5 Å². The third-order valence-electron chi connectivity index (χ3n) is 4.82. The first-order chi connectivity index (χ1) is 14.1. The molecule has 8 nitrogen and oxygen atoms in total. The molecular formula is C21H22N4O4. The first-order valence-electron chi connectivity index (χ1n) is 9.27. The zero-order chi connectivity index (χ0) is 20.4. The number of anilines is 1. The Morgan fingerprint density at radius 2 is 1.72 bits per heavy atom. The van der Waals surface area contributed by atoms with Crippen molar-refractivity contribution in [2.75, 3.05) is 26.6 Å². The van der Waals surface area contributed by atoms with Crippen LogP contribution >= 0.6 is 0 Å². The van der Waals surface area contributed by atoms with Crippen molar-refractivity contribution in [3.8, 4) is 28.6 Å². The fourth-order valence-electron chi connectivity index (χ4n) is 3.12. The van der Waals surface area contributed by atoms with Gasteiger partial charge in [0.15, 0.2) is 17.3 Å². The van der Waals surface area contributed by atoms with Gasteiger partial charge in [0.25, 0.3) is 5.91 Å². The van der Waals surface area contributed by atoms with Gasteiger partial charge in [-0.2, -0.15) is 5.10 Å². The number of methoxy groups -OCH3 is 3. The minimum Gasteiger partial charge on any atom is -0.493 e. The first kappa shape index (κ1) is 18.8. The number of nitrogens with zero attached hydrogens (tertiary/aromatic N) is 2. The van der Waals surface area contributed by atoms with Crippen molar-refractivity contribution in [1.29, 1.82) is 0 Å². The summed E-state index contributed by atoms with van der Waals surface area (Å²) in [5.74, 6) is 2.98. The number of ether oxygens (including phenoxy) is 3. The van der Waals surface area contributed by atoms with E-state index < -0.39 is 0 Å². The lowest BCUT2D eigenvalue weighted by molar-refractivity contribution is 0.102. The second-order valence-corrected chi connectivity index (χ2v) is 6.73. The van der Waals surface area contributed by atoms with Crippen molar-refractivity contribution in [2.45, 2.75) is 18.8 Å². The van der Waals surface area contributed by atoms with Gasteiger partial charge in [0.2, 0.25) is 5.75 Å². The molecule has 1 heterocycles. The van der Waals surface area contributed by atoms with E-state index in [-0.39, 0.29) is 5.91 Å². The smallest absolute Gasteiger partial charge is 0.259 e. The molecule has 0 radical (unpaired) electrons. The molecule has 1 amide bonds. The molecule has 0 saturated heterocycles. The third kappa shape index (κ3) is 3.73. The Balaban J connectivity index is 1.52. The van der Waals surface area contributed by atoms with E-state index in [0.29, 0.717) is 40.2 Å². The summed E-state index contributed by atoms with van der Waals surface area (Å²) in [6.45, 7) is 0. The van der Waals surface area contributed by atoms with Crippen LogP contribution in [0.2, 0.25) is 0 Å². The van der Waals surface area contributed by atoms with E-state index in [1.165, 1.54) is 34.2 Å². The summed E-state index contributed by atoms with van der Waals surface area (Å²) in [6, 6.07) is 10.7. The summed E-state index contributed by atoms with van der Waals surface area (Å²) < 4.78 is 16.0. The highest BCUT2D eigenvalue weighted by Gasteiger charge is 2.27. The van der Waals surface area contributed by atoms with Crippen LogP contribution in [-0.2, 0) is 0 Å². The molecule has 1 aromatic heterocycles. The van der Waals surface area contributed by atoms with E-state index in [1.54, 1.807) is 12.1 Å². The number of aromatic amines is 1. The number of nitrogens with one attached hydrogen (secondary N) is 2. The molecule has 1 fully saturated rings. The second-order valence-electron chi connectivity index (χ2n) is 6.73. The number of H-pyrrole nitrogens is 1. The monoisotopic (exact) mass is 394 g/mol. The van der Waals surface area contributed by atoms with Crippen molar-refractivity contribution >= 4 is 11.6 Å². The van der Waals surface area contributed by atoms with E-state index >= 15 is 0 Å². The molecule has 0 aliphatic heterocycles. The minimum absolute atomic E-state index is 0.314. The van der Waals surface area contributed by atoms with Gasteiger partial charge < -0.3 is 19.5 Å². The van der Waals surface area contributed by atoms with Crippen LogP contribution in [-0.4, -0.2) is 42.4 Å². The van der Waals surface area contributed by atoms with Crippen molar-refractivity contribution < 1.29 is 19.0 Å². The maximum atomic E-state index is 12.8. The van der Waals surface area contributed by atoms with Crippen LogP contribution in [0.3, 0.4) is 0 Å². The Labute approximate surface area is 168 Å². The highest BCUT2D eigenvalue weighted by atomic mass is 16.5. The van der Waals surface area contributed by atoms with Gasteiger partial charge in [-0.15, -0.1) is 0 Å². The average Bonchev–Trinajstić information content (AvgIpc) is 3.49. The van der Waals surface area contributed by atoms with Gasteiger partial charge in [0, 0.05) is 17.2 Å². The standard InChI is InChI=1S/C21H22N4O4/c1-27-16-11-10-15(17(28-2)18(16)29-3)21(26)22-14-8-6-13(7-9-14)20-23-19(24-25-20)12-4-5-12/h6-12H,4-5H2,1-3H3,(H,22,26)(H,23,24,25). The van der Waals surface area contributed by atoms with Crippen molar-refractivity contribution in [3.63, 3.8) is 0 Å². The summed E-state index contributed by atoms with van der Waals surface area (Å²) in [5, 5.41) is 10.1. The lowest BCUT2D eigenvalue weighted by Crippen LogP contribution is -2.14. The lowest BCUT2D eigenvalue weighted by atomic mass is 10.1. The van der Waals surface area contributed by atoms with Gasteiger partial charge >= 0.3 is 0 Å². The highest BCUT2D eigenvalue weighted by Crippen LogP contribution is 2.40. The molecular weight excluding hydrogens is 372 g/mol. The van der Waals surface area contributed by atoms with Gasteiger partial charge in [0.1, 0.15) is 5.82 Å². The van der Waals surface area contributed by atoms with Crippen LogP contribution in [0, 0.1) is 0 Å². The number of carbonyl (C=O) groups excluding carboxylic acids is 1. The molecule has 150 valence electrons.